The number of nitrogens with zero attached hydrogens (tertiary/aromatic N) is 2. The molecule has 1 aliphatic heterocycles. The lowest BCUT2D eigenvalue weighted by Crippen LogP contribution is -2.45. The van der Waals surface area contributed by atoms with Crippen LogP contribution in [0.3, 0.4) is 0 Å². The second kappa shape index (κ2) is 5.30. The molecule has 1 heterocycles. The molecule has 3 heteroatoms. The van der Waals surface area contributed by atoms with Gasteiger partial charge < -0.3 is 4.90 Å². The summed E-state index contributed by atoms with van der Waals surface area (Å²) in [4.78, 5) is 4.95. The van der Waals surface area contributed by atoms with Crippen LogP contribution in [0.15, 0.2) is 28.7 Å². The summed E-state index contributed by atoms with van der Waals surface area (Å²) < 4.78 is 1.17. The van der Waals surface area contributed by atoms with Gasteiger partial charge in [-0.1, -0.05) is 28.1 Å². The first-order valence-electron chi connectivity index (χ1n) is 5.85. The highest BCUT2D eigenvalue weighted by molar-refractivity contribution is 9.10. The summed E-state index contributed by atoms with van der Waals surface area (Å²) in [6.07, 6.45) is 0. The maximum absolute atomic E-state index is 3.54. The Morgan fingerprint density at radius 2 is 1.88 bits per heavy atom. The van der Waals surface area contributed by atoms with E-state index < -0.39 is 0 Å². The van der Waals surface area contributed by atoms with Crippen LogP contribution in [0.1, 0.15) is 18.5 Å². The number of benzene rings is 1. The zero-order valence-corrected chi connectivity index (χ0v) is 11.6. The first-order valence-corrected chi connectivity index (χ1v) is 6.64. The third kappa shape index (κ3) is 2.84. The smallest absolute Gasteiger partial charge is 0.0321 e. The summed E-state index contributed by atoms with van der Waals surface area (Å²) >= 11 is 3.54. The molecule has 88 valence electrons. The molecular formula is C13H19BrN2. The van der Waals surface area contributed by atoms with Gasteiger partial charge in [0.2, 0.25) is 0 Å². The summed E-state index contributed by atoms with van der Waals surface area (Å²) in [7, 11) is 2.20. The molecule has 0 saturated carbocycles. The fraction of sp³-hybridized carbons (Fsp3) is 0.538. The topological polar surface area (TPSA) is 6.48 Å². The van der Waals surface area contributed by atoms with E-state index in [9.17, 15) is 0 Å². The van der Waals surface area contributed by atoms with Gasteiger partial charge in [-0.2, -0.15) is 0 Å². The molecular weight excluding hydrogens is 264 g/mol. The molecule has 0 spiro atoms. The van der Waals surface area contributed by atoms with E-state index in [1.807, 2.05) is 0 Å². The Morgan fingerprint density at radius 3 is 2.50 bits per heavy atom. The van der Waals surface area contributed by atoms with E-state index in [1.165, 1.54) is 36.2 Å². The maximum atomic E-state index is 3.54. The SMILES string of the molecule is C[C@@H](c1cccc(Br)c1)N1CCN(C)CC1. The van der Waals surface area contributed by atoms with Crippen LogP contribution in [-0.4, -0.2) is 43.0 Å². The number of piperazine rings is 1. The van der Waals surface area contributed by atoms with Crippen LogP contribution in [0, 0.1) is 0 Å². The van der Waals surface area contributed by atoms with Crippen molar-refractivity contribution >= 4 is 15.9 Å². The lowest BCUT2D eigenvalue weighted by molar-refractivity contribution is 0.119. The summed E-state index contributed by atoms with van der Waals surface area (Å²) in [6.45, 7) is 7.00. The molecule has 2 nitrogen and oxygen atoms in total. The first kappa shape index (κ1) is 12.1. The summed E-state index contributed by atoms with van der Waals surface area (Å²) in [6, 6.07) is 9.16. The second-order valence-corrected chi connectivity index (χ2v) is 5.49. The summed E-state index contributed by atoms with van der Waals surface area (Å²) in [5.41, 5.74) is 1.40. The van der Waals surface area contributed by atoms with Crippen molar-refractivity contribution in [2.45, 2.75) is 13.0 Å². The van der Waals surface area contributed by atoms with Crippen molar-refractivity contribution in [3.05, 3.63) is 34.3 Å². The van der Waals surface area contributed by atoms with E-state index in [1.54, 1.807) is 0 Å². The normalized spacial score (nSPS) is 20.9. The standard InChI is InChI=1S/C13H19BrN2/c1-11(12-4-3-5-13(14)10-12)16-8-6-15(2)7-9-16/h3-5,10-11H,6-9H2,1-2H3/t11-/m0/s1. The molecule has 0 bridgehead atoms. The van der Waals surface area contributed by atoms with Gasteiger partial charge >= 0.3 is 0 Å². The minimum Gasteiger partial charge on any atom is -0.304 e. The molecule has 0 aromatic heterocycles. The van der Waals surface area contributed by atoms with Crippen LogP contribution in [-0.2, 0) is 0 Å². The minimum atomic E-state index is 0.520. The van der Waals surface area contributed by atoms with Crippen LogP contribution < -0.4 is 0 Å². The molecule has 1 aromatic carbocycles. The molecule has 2 rings (SSSR count). The van der Waals surface area contributed by atoms with Gasteiger partial charge in [0.05, 0.1) is 0 Å². The van der Waals surface area contributed by atoms with Crippen LogP contribution in [0.25, 0.3) is 0 Å². The van der Waals surface area contributed by atoms with Crippen LogP contribution >= 0.6 is 15.9 Å². The second-order valence-electron chi connectivity index (χ2n) is 4.57. The van der Waals surface area contributed by atoms with E-state index in [0.29, 0.717) is 6.04 Å². The zero-order valence-electron chi connectivity index (χ0n) is 9.99. The van der Waals surface area contributed by atoms with Gasteiger partial charge in [0.1, 0.15) is 0 Å². The summed E-state index contributed by atoms with van der Waals surface area (Å²) in [5, 5.41) is 0. The van der Waals surface area contributed by atoms with Crippen molar-refractivity contribution < 1.29 is 0 Å². The van der Waals surface area contributed by atoms with E-state index in [4.69, 9.17) is 0 Å². The average Bonchev–Trinajstić information content (AvgIpc) is 2.29. The highest BCUT2D eigenvalue weighted by Gasteiger charge is 2.20. The molecule has 0 radical (unpaired) electrons. The van der Waals surface area contributed by atoms with E-state index in [0.717, 1.165) is 0 Å². The van der Waals surface area contributed by atoms with Crippen molar-refractivity contribution in [1.29, 1.82) is 0 Å². The van der Waals surface area contributed by atoms with Crippen molar-refractivity contribution in [3.8, 4) is 0 Å². The van der Waals surface area contributed by atoms with Gasteiger partial charge in [-0.25, -0.2) is 0 Å². The number of hydrogen-bond acceptors (Lipinski definition) is 2. The Kier molecular flexibility index (Phi) is 4.00. The number of hydrogen-bond donors (Lipinski definition) is 0. The number of likely N-dealkylation sites (N-methyl/N-ethyl adjacent to an activating group) is 1. The Bertz CT molecular complexity index is 346. The van der Waals surface area contributed by atoms with E-state index in [-0.39, 0.29) is 0 Å². The fourth-order valence-corrected chi connectivity index (χ4v) is 2.60. The van der Waals surface area contributed by atoms with Crippen molar-refractivity contribution in [2.24, 2.45) is 0 Å². The molecule has 0 N–H and O–H groups in total. The third-order valence-electron chi connectivity index (χ3n) is 3.42. The van der Waals surface area contributed by atoms with Gasteiger partial charge in [0.15, 0.2) is 0 Å². The van der Waals surface area contributed by atoms with Crippen molar-refractivity contribution in [3.63, 3.8) is 0 Å². The van der Waals surface area contributed by atoms with E-state index in [2.05, 4.69) is 64.0 Å². The molecule has 1 aliphatic rings. The van der Waals surface area contributed by atoms with Crippen molar-refractivity contribution in [2.75, 3.05) is 33.2 Å². The number of rotatable bonds is 2. The fourth-order valence-electron chi connectivity index (χ4n) is 2.19. The zero-order chi connectivity index (χ0) is 11.5. The largest absolute Gasteiger partial charge is 0.304 e. The van der Waals surface area contributed by atoms with Crippen molar-refractivity contribution in [1.82, 2.24) is 9.80 Å². The lowest BCUT2D eigenvalue weighted by atomic mass is 10.1. The molecule has 0 aliphatic carbocycles. The van der Waals surface area contributed by atoms with Crippen LogP contribution in [0.5, 0.6) is 0 Å². The molecule has 1 atom stereocenters. The lowest BCUT2D eigenvalue weighted by Gasteiger charge is -2.36. The molecule has 0 unspecified atom stereocenters. The molecule has 1 saturated heterocycles. The Hall–Kier alpha value is -0.380. The maximum Gasteiger partial charge on any atom is 0.0321 e. The predicted molar refractivity (Wildman–Crippen MR) is 71.6 cm³/mol. The molecule has 1 fully saturated rings. The molecule has 16 heavy (non-hydrogen) atoms. The Labute approximate surface area is 106 Å². The van der Waals surface area contributed by atoms with Crippen LogP contribution in [0.4, 0.5) is 0 Å². The van der Waals surface area contributed by atoms with Gasteiger partial charge in [-0.15, -0.1) is 0 Å². The monoisotopic (exact) mass is 282 g/mol. The highest BCUT2D eigenvalue weighted by atomic mass is 79.9. The minimum absolute atomic E-state index is 0.520. The predicted octanol–water partition coefficient (Wildman–Crippen LogP) is 2.76. The Balaban J connectivity index is 2.04. The third-order valence-corrected chi connectivity index (χ3v) is 3.91. The summed E-state index contributed by atoms with van der Waals surface area (Å²) in [5.74, 6) is 0. The average molecular weight is 283 g/mol. The number of halogens is 1. The first-order chi connectivity index (χ1) is 7.66. The van der Waals surface area contributed by atoms with Gasteiger partial charge in [-0.05, 0) is 31.7 Å². The molecule has 1 aromatic rings. The van der Waals surface area contributed by atoms with Gasteiger partial charge in [-0.3, -0.25) is 4.90 Å². The quantitative estimate of drug-likeness (QED) is 0.823. The molecule has 0 amide bonds. The van der Waals surface area contributed by atoms with Gasteiger partial charge in [0, 0.05) is 36.7 Å². The Morgan fingerprint density at radius 1 is 1.19 bits per heavy atom. The van der Waals surface area contributed by atoms with Crippen LogP contribution in [0.2, 0.25) is 0 Å². The van der Waals surface area contributed by atoms with E-state index >= 15 is 0 Å². The highest BCUT2D eigenvalue weighted by Crippen LogP contribution is 2.23. The van der Waals surface area contributed by atoms with Gasteiger partial charge in [0.25, 0.3) is 0 Å².